The number of carbonyl (C=O) groups excluding carboxylic acids is 1. The standard InChI is InChI=1S/C20H23BrN2O2/c1-25-18-6-4-5-16(13-18)19(23-11-2-3-12-23)14-22-20(24)15-7-9-17(21)10-8-15/h4-10,13,19H,2-3,11-12,14H2,1H3,(H,22,24)/t19-/m0/s1. The molecule has 2 aromatic rings. The number of nitrogens with zero attached hydrogens (tertiary/aromatic N) is 1. The molecule has 0 radical (unpaired) electrons. The Hall–Kier alpha value is -1.85. The molecule has 1 fully saturated rings. The van der Waals surface area contributed by atoms with Gasteiger partial charge in [-0.2, -0.15) is 0 Å². The second-order valence-corrected chi connectivity index (χ2v) is 7.17. The van der Waals surface area contributed by atoms with E-state index in [9.17, 15) is 4.79 Å². The van der Waals surface area contributed by atoms with Crippen LogP contribution in [0.4, 0.5) is 0 Å². The molecule has 1 heterocycles. The normalized spacial score (nSPS) is 15.8. The molecule has 0 aliphatic carbocycles. The van der Waals surface area contributed by atoms with Gasteiger partial charge < -0.3 is 10.1 Å². The lowest BCUT2D eigenvalue weighted by Crippen LogP contribution is -2.36. The van der Waals surface area contributed by atoms with E-state index in [1.165, 1.54) is 18.4 Å². The zero-order chi connectivity index (χ0) is 17.6. The molecule has 0 aromatic heterocycles. The van der Waals surface area contributed by atoms with E-state index < -0.39 is 0 Å². The molecule has 0 spiro atoms. The number of carbonyl (C=O) groups is 1. The summed E-state index contributed by atoms with van der Waals surface area (Å²) < 4.78 is 6.33. The molecule has 1 atom stereocenters. The Morgan fingerprint density at radius 1 is 1.20 bits per heavy atom. The molecular formula is C20H23BrN2O2. The second kappa shape index (κ2) is 8.50. The van der Waals surface area contributed by atoms with E-state index in [-0.39, 0.29) is 11.9 Å². The van der Waals surface area contributed by atoms with E-state index in [2.05, 4.69) is 38.3 Å². The van der Waals surface area contributed by atoms with Crippen LogP contribution in [0.1, 0.15) is 34.8 Å². The Morgan fingerprint density at radius 3 is 2.60 bits per heavy atom. The number of likely N-dealkylation sites (tertiary alicyclic amines) is 1. The van der Waals surface area contributed by atoms with Crippen molar-refractivity contribution in [3.8, 4) is 5.75 Å². The van der Waals surface area contributed by atoms with E-state index in [0.717, 1.165) is 23.3 Å². The van der Waals surface area contributed by atoms with E-state index in [1.54, 1.807) is 7.11 Å². The molecule has 1 saturated heterocycles. The Balaban J connectivity index is 1.73. The van der Waals surface area contributed by atoms with E-state index >= 15 is 0 Å². The lowest BCUT2D eigenvalue weighted by Gasteiger charge is -2.28. The zero-order valence-electron chi connectivity index (χ0n) is 14.4. The first-order chi connectivity index (χ1) is 12.2. The van der Waals surface area contributed by atoms with E-state index in [0.29, 0.717) is 12.1 Å². The van der Waals surface area contributed by atoms with Gasteiger partial charge in [-0.15, -0.1) is 0 Å². The first kappa shape index (κ1) is 18.0. The number of halogens is 1. The fourth-order valence-corrected chi connectivity index (χ4v) is 3.52. The van der Waals surface area contributed by atoms with Crippen LogP contribution in [-0.2, 0) is 0 Å². The highest BCUT2D eigenvalue weighted by Crippen LogP contribution is 2.27. The van der Waals surface area contributed by atoms with Crippen LogP contribution in [-0.4, -0.2) is 37.6 Å². The SMILES string of the molecule is COc1cccc([C@H](CNC(=O)c2ccc(Br)cc2)N2CCCC2)c1. The lowest BCUT2D eigenvalue weighted by molar-refractivity contribution is 0.0938. The summed E-state index contributed by atoms with van der Waals surface area (Å²) in [7, 11) is 1.68. The van der Waals surface area contributed by atoms with Gasteiger partial charge in [-0.1, -0.05) is 28.1 Å². The molecule has 1 aliphatic rings. The van der Waals surface area contributed by atoms with Crippen molar-refractivity contribution < 1.29 is 9.53 Å². The highest BCUT2D eigenvalue weighted by atomic mass is 79.9. The average molecular weight is 403 g/mol. The van der Waals surface area contributed by atoms with Gasteiger partial charge in [0.2, 0.25) is 0 Å². The fourth-order valence-electron chi connectivity index (χ4n) is 3.25. The van der Waals surface area contributed by atoms with Crippen LogP contribution >= 0.6 is 15.9 Å². The highest BCUT2D eigenvalue weighted by molar-refractivity contribution is 9.10. The van der Waals surface area contributed by atoms with Crippen molar-refractivity contribution in [1.29, 1.82) is 0 Å². The quantitative estimate of drug-likeness (QED) is 0.792. The Bertz CT molecular complexity index is 712. The molecule has 0 saturated carbocycles. The van der Waals surface area contributed by atoms with Gasteiger partial charge in [-0.25, -0.2) is 0 Å². The number of amides is 1. The van der Waals surface area contributed by atoms with Crippen LogP contribution < -0.4 is 10.1 Å². The summed E-state index contributed by atoms with van der Waals surface area (Å²) in [5.74, 6) is 0.806. The van der Waals surface area contributed by atoms with Crippen LogP contribution in [0.15, 0.2) is 53.0 Å². The molecule has 1 aliphatic heterocycles. The predicted molar refractivity (Wildman–Crippen MR) is 103 cm³/mol. The first-order valence-corrected chi connectivity index (χ1v) is 9.38. The molecule has 2 aromatic carbocycles. The molecule has 25 heavy (non-hydrogen) atoms. The third-order valence-electron chi connectivity index (χ3n) is 4.62. The summed E-state index contributed by atoms with van der Waals surface area (Å²) in [5, 5.41) is 3.09. The van der Waals surface area contributed by atoms with E-state index in [1.807, 2.05) is 36.4 Å². The van der Waals surface area contributed by atoms with Crippen molar-refractivity contribution in [2.24, 2.45) is 0 Å². The molecule has 4 nitrogen and oxygen atoms in total. The van der Waals surface area contributed by atoms with Gasteiger partial charge in [0, 0.05) is 16.6 Å². The summed E-state index contributed by atoms with van der Waals surface area (Å²) >= 11 is 3.40. The molecule has 5 heteroatoms. The maximum Gasteiger partial charge on any atom is 0.251 e. The van der Waals surface area contributed by atoms with Crippen LogP contribution in [0.25, 0.3) is 0 Å². The van der Waals surface area contributed by atoms with Gasteiger partial charge in [0.15, 0.2) is 0 Å². The second-order valence-electron chi connectivity index (χ2n) is 6.25. The van der Waals surface area contributed by atoms with Gasteiger partial charge in [-0.05, 0) is 67.9 Å². The topological polar surface area (TPSA) is 41.6 Å². The minimum atomic E-state index is -0.0420. The van der Waals surface area contributed by atoms with Crippen molar-refractivity contribution in [3.05, 3.63) is 64.1 Å². The number of methoxy groups -OCH3 is 1. The highest BCUT2D eigenvalue weighted by Gasteiger charge is 2.24. The number of nitrogens with one attached hydrogen (secondary N) is 1. The number of hydrogen-bond donors (Lipinski definition) is 1. The summed E-state index contributed by atoms with van der Waals surface area (Å²) in [6.45, 7) is 2.72. The monoisotopic (exact) mass is 402 g/mol. The number of hydrogen-bond acceptors (Lipinski definition) is 3. The van der Waals surface area contributed by atoms with Gasteiger partial charge >= 0.3 is 0 Å². The lowest BCUT2D eigenvalue weighted by atomic mass is 10.0. The third-order valence-corrected chi connectivity index (χ3v) is 5.15. The van der Waals surface area contributed by atoms with Crippen molar-refractivity contribution in [1.82, 2.24) is 10.2 Å². The largest absolute Gasteiger partial charge is 0.497 e. The minimum absolute atomic E-state index is 0.0420. The summed E-state index contributed by atoms with van der Waals surface area (Å²) in [6, 6.07) is 15.7. The maximum atomic E-state index is 12.5. The molecule has 132 valence electrons. The third kappa shape index (κ3) is 4.61. The summed E-state index contributed by atoms with van der Waals surface area (Å²) in [5.41, 5.74) is 1.85. The van der Waals surface area contributed by atoms with Gasteiger partial charge in [-0.3, -0.25) is 9.69 Å². The number of ether oxygens (including phenoxy) is 1. The van der Waals surface area contributed by atoms with Crippen LogP contribution in [0.2, 0.25) is 0 Å². The van der Waals surface area contributed by atoms with Crippen molar-refractivity contribution in [3.63, 3.8) is 0 Å². The number of rotatable bonds is 6. The molecule has 0 unspecified atom stereocenters. The van der Waals surface area contributed by atoms with Gasteiger partial charge in [0.05, 0.1) is 13.2 Å². The molecular weight excluding hydrogens is 380 g/mol. The van der Waals surface area contributed by atoms with Gasteiger partial charge in [0.1, 0.15) is 5.75 Å². The Labute approximate surface area is 157 Å². The fraction of sp³-hybridized carbons (Fsp3) is 0.350. The summed E-state index contributed by atoms with van der Waals surface area (Å²) in [6.07, 6.45) is 2.42. The van der Waals surface area contributed by atoms with Crippen molar-refractivity contribution in [2.75, 3.05) is 26.7 Å². The minimum Gasteiger partial charge on any atom is -0.497 e. The Morgan fingerprint density at radius 2 is 1.92 bits per heavy atom. The number of benzene rings is 2. The molecule has 1 amide bonds. The van der Waals surface area contributed by atoms with Crippen LogP contribution in [0.3, 0.4) is 0 Å². The van der Waals surface area contributed by atoms with Gasteiger partial charge in [0.25, 0.3) is 5.91 Å². The van der Waals surface area contributed by atoms with Crippen molar-refractivity contribution >= 4 is 21.8 Å². The maximum absolute atomic E-state index is 12.5. The molecule has 3 rings (SSSR count). The zero-order valence-corrected chi connectivity index (χ0v) is 16.0. The van der Waals surface area contributed by atoms with E-state index in [4.69, 9.17) is 4.74 Å². The predicted octanol–water partition coefficient (Wildman–Crippen LogP) is 4.02. The van der Waals surface area contributed by atoms with Crippen LogP contribution in [0.5, 0.6) is 5.75 Å². The smallest absolute Gasteiger partial charge is 0.251 e. The first-order valence-electron chi connectivity index (χ1n) is 8.59. The molecule has 1 N–H and O–H groups in total. The molecule has 0 bridgehead atoms. The Kier molecular flexibility index (Phi) is 6.10. The average Bonchev–Trinajstić information content (AvgIpc) is 3.17. The van der Waals surface area contributed by atoms with Crippen molar-refractivity contribution in [2.45, 2.75) is 18.9 Å². The van der Waals surface area contributed by atoms with Crippen LogP contribution in [0, 0.1) is 0 Å². The summed E-state index contributed by atoms with van der Waals surface area (Å²) in [4.78, 5) is 14.9.